The summed E-state index contributed by atoms with van der Waals surface area (Å²) in [6.45, 7) is 2.93. The van der Waals surface area contributed by atoms with Gasteiger partial charge in [-0.15, -0.1) is 0 Å². The third-order valence-electron chi connectivity index (χ3n) is 1.57. The SMILES string of the molecule is CCOCOCc1cnc(N)c(F)c1. The minimum Gasteiger partial charge on any atom is -0.381 e. The predicted molar refractivity (Wildman–Crippen MR) is 49.9 cm³/mol. The molecule has 0 fully saturated rings. The number of nitrogens with two attached hydrogens (primary N) is 1. The molecular formula is C9H13FN2O2. The monoisotopic (exact) mass is 200 g/mol. The Morgan fingerprint density at radius 3 is 2.93 bits per heavy atom. The highest BCUT2D eigenvalue weighted by Crippen LogP contribution is 2.08. The smallest absolute Gasteiger partial charge is 0.165 e. The average Bonchev–Trinajstić information content (AvgIpc) is 2.18. The fourth-order valence-electron chi connectivity index (χ4n) is 0.869. The van der Waals surface area contributed by atoms with E-state index in [1.165, 1.54) is 12.3 Å². The molecule has 0 spiro atoms. The van der Waals surface area contributed by atoms with Gasteiger partial charge in [0.1, 0.15) is 6.79 Å². The lowest BCUT2D eigenvalue weighted by Crippen LogP contribution is -2.02. The van der Waals surface area contributed by atoms with Crippen LogP contribution in [0.5, 0.6) is 0 Å². The molecule has 1 aromatic rings. The van der Waals surface area contributed by atoms with Crippen LogP contribution in [0.2, 0.25) is 0 Å². The Morgan fingerprint density at radius 2 is 2.29 bits per heavy atom. The van der Waals surface area contributed by atoms with Crippen molar-refractivity contribution in [2.45, 2.75) is 13.5 Å². The number of ether oxygens (including phenoxy) is 2. The van der Waals surface area contributed by atoms with E-state index in [-0.39, 0.29) is 19.2 Å². The van der Waals surface area contributed by atoms with Gasteiger partial charge in [0.25, 0.3) is 0 Å². The molecule has 0 aliphatic heterocycles. The van der Waals surface area contributed by atoms with Crippen LogP contribution in [-0.2, 0) is 16.1 Å². The van der Waals surface area contributed by atoms with E-state index in [0.29, 0.717) is 12.2 Å². The summed E-state index contributed by atoms with van der Waals surface area (Å²) in [6.07, 6.45) is 1.48. The van der Waals surface area contributed by atoms with E-state index in [9.17, 15) is 4.39 Å². The zero-order valence-corrected chi connectivity index (χ0v) is 8.00. The third-order valence-corrected chi connectivity index (χ3v) is 1.57. The molecule has 78 valence electrons. The lowest BCUT2D eigenvalue weighted by molar-refractivity contribution is -0.0572. The summed E-state index contributed by atoms with van der Waals surface area (Å²) in [4.78, 5) is 3.66. The molecule has 14 heavy (non-hydrogen) atoms. The molecule has 1 heterocycles. The number of rotatable bonds is 5. The highest BCUT2D eigenvalue weighted by molar-refractivity contribution is 5.31. The second kappa shape index (κ2) is 5.51. The first-order valence-corrected chi connectivity index (χ1v) is 4.29. The number of nitrogen functional groups attached to an aromatic ring is 1. The van der Waals surface area contributed by atoms with Crippen LogP contribution < -0.4 is 5.73 Å². The highest BCUT2D eigenvalue weighted by Gasteiger charge is 2.01. The maximum Gasteiger partial charge on any atom is 0.165 e. The van der Waals surface area contributed by atoms with E-state index in [1.807, 2.05) is 6.92 Å². The van der Waals surface area contributed by atoms with Crippen molar-refractivity contribution in [3.63, 3.8) is 0 Å². The Morgan fingerprint density at radius 1 is 1.50 bits per heavy atom. The molecule has 0 amide bonds. The van der Waals surface area contributed by atoms with Crippen molar-refractivity contribution >= 4 is 5.82 Å². The van der Waals surface area contributed by atoms with Crippen LogP contribution in [0.1, 0.15) is 12.5 Å². The van der Waals surface area contributed by atoms with Crippen LogP contribution in [0.25, 0.3) is 0 Å². The molecule has 0 bridgehead atoms. The van der Waals surface area contributed by atoms with E-state index in [1.54, 1.807) is 0 Å². The fourth-order valence-corrected chi connectivity index (χ4v) is 0.869. The zero-order chi connectivity index (χ0) is 10.4. The minimum atomic E-state index is -0.525. The fraction of sp³-hybridized carbons (Fsp3) is 0.444. The summed E-state index contributed by atoms with van der Waals surface area (Å²) >= 11 is 0. The second-order valence-corrected chi connectivity index (χ2v) is 2.67. The Labute approximate surface area is 81.8 Å². The standard InChI is InChI=1S/C9H13FN2O2/c1-2-13-6-14-5-7-3-8(10)9(11)12-4-7/h3-4H,2,5-6H2,1H3,(H2,11,12). The first kappa shape index (κ1) is 10.9. The molecule has 0 aromatic carbocycles. The Balaban J connectivity index is 2.39. The van der Waals surface area contributed by atoms with E-state index >= 15 is 0 Å². The van der Waals surface area contributed by atoms with Crippen LogP contribution in [-0.4, -0.2) is 18.4 Å². The predicted octanol–water partition coefficient (Wildman–Crippen LogP) is 1.31. The van der Waals surface area contributed by atoms with Crippen LogP contribution in [0.15, 0.2) is 12.3 Å². The largest absolute Gasteiger partial charge is 0.381 e. The number of hydrogen-bond acceptors (Lipinski definition) is 4. The van der Waals surface area contributed by atoms with E-state index in [4.69, 9.17) is 15.2 Å². The lowest BCUT2D eigenvalue weighted by atomic mass is 10.3. The molecule has 0 atom stereocenters. The third kappa shape index (κ3) is 3.27. The first-order chi connectivity index (χ1) is 6.74. The molecule has 0 aliphatic rings. The molecule has 0 saturated heterocycles. The maximum absolute atomic E-state index is 12.9. The van der Waals surface area contributed by atoms with Crippen LogP contribution in [0, 0.1) is 5.82 Å². The summed E-state index contributed by atoms with van der Waals surface area (Å²) in [6, 6.07) is 1.30. The molecule has 0 saturated carbocycles. The maximum atomic E-state index is 12.9. The Hall–Kier alpha value is -1.20. The number of nitrogens with zero attached hydrogens (tertiary/aromatic N) is 1. The van der Waals surface area contributed by atoms with E-state index < -0.39 is 5.82 Å². The average molecular weight is 200 g/mol. The van der Waals surface area contributed by atoms with Crippen molar-refractivity contribution in [1.29, 1.82) is 0 Å². The van der Waals surface area contributed by atoms with Gasteiger partial charge >= 0.3 is 0 Å². The molecule has 0 unspecified atom stereocenters. The molecule has 4 nitrogen and oxygen atoms in total. The molecule has 2 N–H and O–H groups in total. The quantitative estimate of drug-likeness (QED) is 0.575. The van der Waals surface area contributed by atoms with E-state index in [2.05, 4.69) is 4.98 Å². The highest BCUT2D eigenvalue weighted by atomic mass is 19.1. The molecule has 0 aliphatic carbocycles. The topological polar surface area (TPSA) is 57.4 Å². The van der Waals surface area contributed by atoms with Gasteiger partial charge in [-0.2, -0.15) is 0 Å². The van der Waals surface area contributed by atoms with Gasteiger partial charge in [-0.3, -0.25) is 0 Å². The lowest BCUT2D eigenvalue weighted by Gasteiger charge is -2.04. The first-order valence-electron chi connectivity index (χ1n) is 4.29. The number of pyridine rings is 1. The summed E-state index contributed by atoms with van der Waals surface area (Å²) < 4.78 is 22.9. The van der Waals surface area contributed by atoms with Crippen molar-refractivity contribution in [2.24, 2.45) is 0 Å². The van der Waals surface area contributed by atoms with Crippen LogP contribution in [0.4, 0.5) is 10.2 Å². The summed E-state index contributed by atoms with van der Waals surface area (Å²) in [5.41, 5.74) is 5.85. The summed E-state index contributed by atoms with van der Waals surface area (Å²) in [7, 11) is 0. The van der Waals surface area contributed by atoms with Gasteiger partial charge in [-0.05, 0) is 18.6 Å². The number of anilines is 1. The van der Waals surface area contributed by atoms with E-state index in [0.717, 1.165) is 0 Å². The Kier molecular flexibility index (Phi) is 4.28. The minimum absolute atomic E-state index is 0.0986. The number of halogens is 1. The van der Waals surface area contributed by atoms with Crippen molar-refractivity contribution in [3.05, 3.63) is 23.6 Å². The molecule has 1 rings (SSSR count). The molecule has 5 heteroatoms. The summed E-state index contributed by atoms with van der Waals surface area (Å²) in [5.74, 6) is -0.624. The normalized spacial score (nSPS) is 10.4. The second-order valence-electron chi connectivity index (χ2n) is 2.67. The van der Waals surface area contributed by atoms with Crippen LogP contribution >= 0.6 is 0 Å². The van der Waals surface area contributed by atoms with Gasteiger partial charge < -0.3 is 15.2 Å². The number of hydrogen-bond donors (Lipinski definition) is 1. The van der Waals surface area contributed by atoms with Gasteiger partial charge in [0, 0.05) is 12.8 Å². The van der Waals surface area contributed by atoms with Crippen molar-refractivity contribution < 1.29 is 13.9 Å². The van der Waals surface area contributed by atoms with Gasteiger partial charge in [0.15, 0.2) is 11.6 Å². The van der Waals surface area contributed by atoms with Gasteiger partial charge in [-0.25, -0.2) is 9.37 Å². The van der Waals surface area contributed by atoms with Gasteiger partial charge in [0.2, 0.25) is 0 Å². The van der Waals surface area contributed by atoms with Crippen molar-refractivity contribution in [1.82, 2.24) is 4.98 Å². The molecular weight excluding hydrogens is 187 g/mol. The van der Waals surface area contributed by atoms with Crippen LogP contribution in [0.3, 0.4) is 0 Å². The van der Waals surface area contributed by atoms with Gasteiger partial charge in [-0.1, -0.05) is 0 Å². The molecule has 0 radical (unpaired) electrons. The Bertz CT molecular complexity index is 294. The van der Waals surface area contributed by atoms with Gasteiger partial charge in [0.05, 0.1) is 6.61 Å². The zero-order valence-electron chi connectivity index (χ0n) is 8.00. The van der Waals surface area contributed by atoms with Crippen molar-refractivity contribution in [2.75, 3.05) is 19.1 Å². The summed E-state index contributed by atoms with van der Waals surface area (Å²) in [5, 5.41) is 0. The van der Waals surface area contributed by atoms with Crippen molar-refractivity contribution in [3.8, 4) is 0 Å². The molecule has 1 aromatic heterocycles. The number of aromatic nitrogens is 1.